The summed E-state index contributed by atoms with van der Waals surface area (Å²) in [6, 6.07) is -0.609. The van der Waals surface area contributed by atoms with Crippen LogP contribution in [0.25, 0.3) is 0 Å². The Morgan fingerprint density at radius 3 is 2.57 bits per heavy atom. The van der Waals surface area contributed by atoms with Crippen molar-refractivity contribution in [3.05, 3.63) is 0 Å². The minimum Gasteiger partial charge on any atom is -0.480 e. The number of methoxy groups -OCH3 is 2. The van der Waals surface area contributed by atoms with Gasteiger partial charge in [-0.3, -0.25) is 4.79 Å². The van der Waals surface area contributed by atoms with Crippen LogP contribution >= 0.6 is 0 Å². The van der Waals surface area contributed by atoms with E-state index in [1.807, 2.05) is 0 Å². The molecule has 0 amide bonds. The molecule has 0 aromatic rings. The Kier molecular flexibility index (Phi) is 8.51. The highest BCUT2D eigenvalue weighted by Gasteiger charge is 2.15. The minimum atomic E-state index is -0.876. The van der Waals surface area contributed by atoms with Crippen LogP contribution < -0.4 is 5.32 Å². The Morgan fingerprint density at radius 2 is 2.07 bits per heavy atom. The standard InChI is InChI=1S/C9H19NO4/c1-13-6-4-3-5-10-8(7-14-2)9(11)12/h8,10H,3-7H2,1-2H3,(H,11,12). The average Bonchev–Trinajstić information content (AvgIpc) is 2.15. The lowest BCUT2D eigenvalue weighted by atomic mass is 10.2. The Balaban J connectivity index is 3.46. The van der Waals surface area contributed by atoms with Crippen LogP contribution in [0.2, 0.25) is 0 Å². The number of carbonyl (C=O) groups is 1. The molecule has 0 aromatic heterocycles. The molecular formula is C9H19NO4. The van der Waals surface area contributed by atoms with Gasteiger partial charge < -0.3 is 19.9 Å². The highest BCUT2D eigenvalue weighted by Crippen LogP contribution is 1.90. The summed E-state index contributed by atoms with van der Waals surface area (Å²) in [6.07, 6.45) is 1.84. The molecule has 5 nitrogen and oxygen atoms in total. The van der Waals surface area contributed by atoms with Crippen molar-refractivity contribution in [3.63, 3.8) is 0 Å². The molecular weight excluding hydrogens is 186 g/mol. The molecule has 1 unspecified atom stereocenters. The molecule has 84 valence electrons. The van der Waals surface area contributed by atoms with E-state index in [0.29, 0.717) is 13.2 Å². The summed E-state index contributed by atoms with van der Waals surface area (Å²) < 4.78 is 9.65. The maximum absolute atomic E-state index is 10.6. The molecule has 0 heterocycles. The third-order valence-electron chi connectivity index (χ3n) is 1.80. The molecule has 0 aromatic carbocycles. The fourth-order valence-electron chi connectivity index (χ4n) is 1.03. The zero-order valence-corrected chi connectivity index (χ0v) is 8.78. The van der Waals surface area contributed by atoms with E-state index in [4.69, 9.17) is 14.6 Å². The molecule has 5 heteroatoms. The van der Waals surface area contributed by atoms with Gasteiger partial charge in [-0.2, -0.15) is 0 Å². The van der Waals surface area contributed by atoms with E-state index >= 15 is 0 Å². The van der Waals surface area contributed by atoms with Gasteiger partial charge in [0.25, 0.3) is 0 Å². The lowest BCUT2D eigenvalue weighted by Gasteiger charge is -2.12. The van der Waals surface area contributed by atoms with E-state index < -0.39 is 12.0 Å². The zero-order chi connectivity index (χ0) is 10.8. The number of hydrogen-bond acceptors (Lipinski definition) is 4. The molecule has 0 rings (SSSR count). The monoisotopic (exact) mass is 205 g/mol. The fourth-order valence-corrected chi connectivity index (χ4v) is 1.03. The van der Waals surface area contributed by atoms with Crippen LogP contribution in [0.4, 0.5) is 0 Å². The van der Waals surface area contributed by atoms with Gasteiger partial charge in [0.1, 0.15) is 6.04 Å². The van der Waals surface area contributed by atoms with E-state index in [1.54, 1.807) is 7.11 Å². The number of carboxylic acid groups (broad SMARTS) is 1. The maximum atomic E-state index is 10.6. The SMILES string of the molecule is COCCCCNC(COC)C(=O)O. The summed E-state index contributed by atoms with van der Waals surface area (Å²) in [7, 11) is 3.14. The first-order valence-corrected chi connectivity index (χ1v) is 4.66. The summed E-state index contributed by atoms with van der Waals surface area (Å²) in [6.45, 7) is 1.58. The van der Waals surface area contributed by atoms with Crippen molar-refractivity contribution in [2.75, 3.05) is 34.0 Å². The van der Waals surface area contributed by atoms with Crippen molar-refractivity contribution < 1.29 is 19.4 Å². The largest absolute Gasteiger partial charge is 0.480 e. The van der Waals surface area contributed by atoms with Gasteiger partial charge in [-0.25, -0.2) is 0 Å². The van der Waals surface area contributed by atoms with Gasteiger partial charge in [0.2, 0.25) is 0 Å². The second-order valence-electron chi connectivity index (χ2n) is 3.00. The Bertz CT molecular complexity index is 152. The van der Waals surface area contributed by atoms with Crippen LogP contribution in [0.5, 0.6) is 0 Å². The van der Waals surface area contributed by atoms with Gasteiger partial charge in [0.15, 0.2) is 0 Å². The highest BCUT2D eigenvalue weighted by molar-refractivity contribution is 5.73. The maximum Gasteiger partial charge on any atom is 0.323 e. The smallest absolute Gasteiger partial charge is 0.323 e. The number of aliphatic carboxylic acids is 1. The molecule has 0 spiro atoms. The first-order chi connectivity index (χ1) is 6.72. The minimum absolute atomic E-state index is 0.194. The lowest BCUT2D eigenvalue weighted by molar-refractivity contribution is -0.140. The van der Waals surface area contributed by atoms with Crippen molar-refractivity contribution >= 4 is 5.97 Å². The summed E-state index contributed by atoms with van der Waals surface area (Å²) in [4.78, 5) is 10.6. The number of hydrogen-bond donors (Lipinski definition) is 2. The van der Waals surface area contributed by atoms with Crippen LogP contribution in [0, 0.1) is 0 Å². The number of unbranched alkanes of at least 4 members (excludes halogenated alkanes) is 1. The Labute approximate surface area is 84.4 Å². The Hall–Kier alpha value is -0.650. The van der Waals surface area contributed by atoms with Crippen molar-refractivity contribution in [1.29, 1.82) is 0 Å². The third kappa shape index (κ3) is 6.82. The summed E-state index contributed by atoms with van der Waals surface area (Å²) >= 11 is 0. The molecule has 0 aliphatic heterocycles. The fraction of sp³-hybridized carbons (Fsp3) is 0.889. The lowest BCUT2D eigenvalue weighted by Crippen LogP contribution is -2.40. The van der Waals surface area contributed by atoms with Crippen LogP contribution in [-0.4, -0.2) is 51.1 Å². The van der Waals surface area contributed by atoms with Gasteiger partial charge in [-0.1, -0.05) is 0 Å². The molecule has 2 N–H and O–H groups in total. The van der Waals surface area contributed by atoms with E-state index in [1.165, 1.54) is 7.11 Å². The normalized spacial score (nSPS) is 12.7. The first kappa shape index (κ1) is 13.4. The Morgan fingerprint density at radius 1 is 1.36 bits per heavy atom. The quantitative estimate of drug-likeness (QED) is 0.523. The third-order valence-corrected chi connectivity index (χ3v) is 1.80. The summed E-state index contributed by atoms with van der Waals surface area (Å²) in [5.41, 5.74) is 0. The summed E-state index contributed by atoms with van der Waals surface area (Å²) in [5, 5.41) is 11.6. The van der Waals surface area contributed by atoms with Crippen LogP contribution in [0.1, 0.15) is 12.8 Å². The molecule has 0 bridgehead atoms. The predicted molar refractivity (Wildman–Crippen MR) is 52.4 cm³/mol. The molecule has 0 radical (unpaired) electrons. The zero-order valence-electron chi connectivity index (χ0n) is 8.78. The van der Waals surface area contributed by atoms with E-state index in [-0.39, 0.29) is 6.61 Å². The summed E-state index contributed by atoms with van der Waals surface area (Å²) in [5.74, 6) is -0.876. The van der Waals surface area contributed by atoms with Crippen molar-refractivity contribution in [3.8, 4) is 0 Å². The van der Waals surface area contributed by atoms with Gasteiger partial charge in [-0.05, 0) is 19.4 Å². The van der Waals surface area contributed by atoms with Crippen LogP contribution in [-0.2, 0) is 14.3 Å². The molecule has 14 heavy (non-hydrogen) atoms. The van der Waals surface area contributed by atoms with Gasteiger partial charge in [0.05, 0.1) is 6.61 Å². The van der Waals surface area contributed by atoms with Crippen LogP contribution in [0.15, 0.2) is 0 Å². The average molecular weight is 205 g/mol. The van der Waals surface area contributed by atoms with Crippen LogP contribution in [0.3, 0.4) is 0 Å². The van der Waals surface area contributed by atoms with E-state index in [2.05, 4.69) is 5.32 Å². The first-order valence-electron chi connectivity index (χ1n) is 4.66. The molecule has 0 aliphatic carbocycles. The van der Waals surface area contributed by atoms with Crippen molar-refractivity contribution in [2.45, 2.75) is 18.9 Å². The van der Waals surface area contributed by atoms with Crippen molar-refractivity contribution in [1.82, 2.24) is 5.32 Å². The molecule has 0 saturated heterocycles. The highest BCUT2D eigenvalue weighted by atomic mass is 16.5. The second-order valence-corrected chi connectivity index (χ2v) is 3.00. The van der Waals surface area contributed by atoms with Gasteiger partial charge in [-0.15, -0.1) is 0 Å². The van der Waals surface area contributed by atoms with E-state index in [0.717, 1.165) is 12.8 Å². The number of nitrogens with one attached hydrogen (secondary N) is 1. The van der Waals surface area contributed by atoms with E-state index in [9.17, 15) is 4.79 Å². The molecule has 0 saturated carbocycles. The second kappa shape index (κ2) is 8.93. The van der Waals surface area contributed by atoms with Gasteiger partial charge >= 0.3 is 5.97 Å². The molecule has 0 aliphatic rings. The van der Waals surface area contributed by atoms with Gasteiger partial charge in [0, 0.05) is 20.8 Å². The molecule has 1 atom stereocenters. The molecule has 0 fully saturated rings. The number of rotatable bonds is 9. The topological polar surface area (TPSA) is 67.8 Å². The number of carboxylic acids is 1. The van der Waals surface area contributed by atoms with Crippen molar-refractivity contribution in [2.24, 2.45) is 0 Å². The predicted octanol–water partition coefficient (Wildman–Crippen LogP) is 0.102. The number of ether oxygens (including phenoxy) is 2.